The van der Waals surface area contributed by atoms with Crippen molar-refractivity contribution in [1.29, 1.82) is 0 Å². The zero-order valence-corrected chi connectivity index (χ0v) is 11.3. The number of thioether (sulfide) groups is 1. The molecule has 0 radical (unpaired) electrons. The third-order valence-corrected chi connectivity index (χ3v) is 4.59. The van der Waals surface area contributed by atoms with Gasteiger partial charge in [-0.25, -0.2) is 0 Å². The Kier molecular flexibility index (Phi) is 3.80. The highest BCUT2D eigenvalue weighted by molar-refractivity contribution is 8.13. The number of ether oxygens (including phenoxy) is 1. The van der Waals surface area contributed by atoms with Crippen LogP contribution in [-0.2, 0) is 4.74 Å². The Bertz CT molecular complexity index is 282. The molecular formula is C12H22N2OS. The van der Waals surface area contributed by atoms with Crippen LogP contribution >= 0.6 is 11.8 Å². The predicted octanol–water partition coefficient (Wildman–Crippen LogP) is 2.42. The smallest absolute Gasteiger partial charge is 0.157 e. The van der Waals surface area contributed by atoms with E-state index < -0.39 is 0 Å². The lowest BCUT2D eigenvalue weighted by Gasteiger charge is -2.35. The molecule has 0 aromatic carbocycles. The third-order valence-electron chi connectivity index (χ3n) is 3.70. The van der Waals surface area contributed by atoms with Crippen molar-refractivity contribution in [2.75, 3.05) is 12.4 Å². The van der Waals surface area contributed by atoms with Gasteiger partial charge in [-0.15, -0.1) is 0 Å². The lowest BCUT2D eigenvalue weighted by Crippen LogP contribution is -2.48. The highest BCUT2D eigenvalue weighted by atomic mass is 32.2. The van der Waals surface area contributed by atoms with Crippen molar-refractivity contribution in [3.63, 3.8) is 0 Å². The van der Waals surface area contributed by atoms with Gasteiger partial charge in [-0.1, -0.05) is 18.7 Å². The molecule has 2 fully saturated rings. The molecule has 4 heteroatoms. The zero-order valence-electron chi connectivity index (χ0n) is 10.5. The fourth-order valence-electron chi connectivity index (χ4n) is 2.11. The van der Waals surface area contributed by atoms with Crippen molar-refractivity contribution in [3.8, 4) is 0 Å². The first-order valence-corrected chi connectivity index (χ1v) is 7.22. The van der Waals surface area contributed by atoms with E-state index in [1.54, 1.807) is 0 Å². The molecule has 2 aliphatic heterocycles. The molecule has 2 heterocycles. The van der Waals surface area contributed by atoms with Crippen LogP contribution in [-0.4, -0.2) is 35.2 Å². The van der Waals surface area contributed by atoms with Crippen molar-refractivity contribution >= 4 is 16.9 Å². The first-order chi connectivity index (χ1) is 7.63. The van der Waals surface area contributed by atoms with Crippen molar-refractivity contribution in [3.05, 3.63) is 0 Å². The molecule has 2 saturated heterocycles. The minimum atomic E-state index is 0.243. The molecule has 0 spiro atoms. The van der Waals surface area contributed by atoms with Gasteiger partial charge in [0.2, 0.25) is 0 Å². The molecule has 0 aromatic heterocycles. The Morgan fingerprint density at radius 3 is 3.06 bits per heavy atom. The van der Waals surface area contributed by atoms with E-state index in [-0.39, 0.29) is 11.6 Å². The third kappa shape index (κ3) is 2.72. The van der Waals surface area contributed by atoms with Crippen LogP contribution in [0.4, 0.5) is 0 Å². The van der Waals surface area contributed by atoms with E-state index >= 15 is 0 Å². The second kappa shape index (κ2) is 4.96. The molecule has 0 aliphatic carbocycles. The number of amidine groups is 1. The largest absolute Gasteiger partial charge is 0.376 e. The van der Waals surface area contributed by atoms with Gasteiger partial charge in [0.25, 0.3) is 0 Å². The summed E-state index contributed by atoms with van der Waals surface area (Å²) in [5, 5.41) is 4.71. The van der Waals surface area contributed by atoms with Crippen molar-refractivity contribution < 1.29 is 4.74 Å². The van der Waals surface area contributed by atoms with E-state index in [1.807, 2.05) is 11.8 Å². The maximum atomic E-state index is 5.54. The Hall–Kier alpha value is -0.220. The molecule has 2 rings (SSSR count). The van der Waals surface area contributed by atoms with E-state index in [0.29, 0.717) is 6.04 Å². The summed E-state index contributed by atoms with van der Waals surface area (Å²) >= 11 is 1.85. The SMILES string of the molecule is CCC1(C)CCSC(=NC2CCOC2C)N1. The molecule has 3 atom stereocenters. The van der Waals surface area contributed by atoms with Crippen molar-refractivity contribution in [1.82, 2.24) is 5.32 Å². The van der Waals surface area contributed by atoms with Crippen molar-refractivity contribution in [2.24, 2.45) is 4.99 Å². The number of nitrogens with one attached hydrogen (secondary N) is 1. The van der Waals surface area contributed by atoms with E-state index in [2.05, 4.69) is 26.1 Å². The van der Waals surface area contributed by atoms with Gasteiger partial charge < -0.3 is 10.1 Å². The molecule has 16 heavy (non-hydrogen) atoms. The predicted molar refractivity (Wildman–Crippen MR) is 70.2 cm³/mol. The maximum absolute atomic E-state index is 5.54. The molecule has 0 saturated carbocycles. The Morgan fingerprint density at radius 1 is 1.62 bits per heavy atom. The number of hydrogen-bond acceptors (Lipinski definition) is 3. The average molecular weight is 242 g/mol. The summed E-state index contributed by atoms with van der Waals surface area (Å²) in [5.41, 5.74) is 0.243. The second-order valence-corrected chi connectivity index (χ2v) is 6.09. The molecule has 2 aliphatic rings. The van der Waals surface area contributed by atoms with E-state index in [1.165, 1.54) is 12.2 Å². The minimum Gasteiger partial charge on any atom is -0.376 e. The van der Waals surface area contributed by atoms with Gasteiger partial charge in [-0.3, -0.25) is 4.99 Å². The summed E-state index contributed by atoms with van der Waals surface area (Å²) in [6.07, 6.45) is 3.73. The highest BCUT2D eigenvalue weighted by Gasteiger charge is 2.30. The molecule has 0 aromatic rings. The molecule has 3 nitrogen and oxygen atoms in total. The van der Waals surface area contributed by atoms with Crippen LogP contribution in [0.5, 0.6) is 0 Å². The first kappa shape index (κ1) is 12.2. The zero-order chi connectivity index (χ0) is 11.6. The molecule has 92 valence electrons. The van der Waals surface area contributed by atoms with Gasteiger partial charge in [-0.05, 0) is 33.1 Å². The monoisotopic (exact) mass is 242 g/mol. The number of aliphatic imine (C=N–C) groups is 1. The topological polar surface area (TPSA) is 33.6 Å². The van der Waals surface area contributed by atoms with Gasteiger partial charge in [0, 0.05) is 17.9 Å². The van der Waals surface area contributed by atoms with Crippen LogP contribution in [0.25, 0.3) is 0 Å². The Balaban J connectivity index is 2.01. The molecule has 3 unspecified atom stereocenters. The van der Waals surface area contributed by atoms with Gasteiger partial charge >= 0.3 is 0 Å². The quantitative estimate of drug-likeness (QED) is 0.807. The second-order valence-electron chi connectivity index (χ2n) is 5.00. The molecule has 0 bridgehead atoms. The van der Waals surface area contributed by atoms with Crippen LogP contribution in [0, 0.1) is 0 Å². The number of nitrogens with zero attached hydrogens (tertiary/aromatic N) is 1. The standard InChI is InChI=1S/C12H22N2OS/c1-4-12(3)6-8-16-11(14-12)13-10-5-7-15-9(10)2/h9-10H,4-8H2,1-3H3,(H,13,14). The Labute approximate surface area is 102 Å². The van der Waals surface area contributed by atoms with Crippen LogP contribution in [0.3, 0.4) is 0 Å². The minimum absolute atomic E-state index is 0.243. The first-order valence-electron chi connectivity index (χ1n) is 6.23. The molecular weight excluding hydrogens is 220 g/mol. The normalized spacial score (nSPS) is 42.3. The van der Waals surface area contributed by atoms with Gasteiger partial charge in [0.15, 0.2) is 5.17 Å². The maximum Gasteiger partial charge on any atom is 0.157 e. The average Bonchev–Trinajstić information content (AvgIpc) is 2.65. The Morgan fingerprint density at radius 2 is 2.44 bits per heavy atom. The summed E-state index contributed by atoms with van der Waals surface area (Å²) in [4.78, 5) is 4.80. The summed E-state index contributed by atoms with van der Waals surface area (Å²) < 4.78 is 5.54. The van der Waals surface area contributed by atoms with Crippen LogP contribution < -0.4 is 5.32 Å². The van der Waals surface area contributed by atoms with Gasteiger partial charge in [0.05, 0.1) is 12.1 Å². The fourth-order valence-corrected chi connectivity index (χ4v) is 3.38. The van der Waals surface area contributed by atoms with Crippen LogP contribution in [0.15, 0.2) is 4.99 Å². The molecule has 1 N–H and O–H groups in total. The fraction of sp³-hybridized carbons (Fsp3) is 0.917. The summed E-state index contributed by atoms with van der Waals surface area (Å²) in [5.74, 6) is 1.18. The summed E-state index contributed by atoms with van der Waals surface area (Å²) in [6.45, 7) is 7.51. The number of rotatable bonds is 2. The van der Waals surface area contributed by atoms with Gasteiger partial charge in [-0.2, -0.15) is 0 Å². The van der Waals surface area contributed by atoms with E-state index in [0.717, 1.165) is 24.6 Å². The number of hydrogen-bond donors (Lipinski definition) is 1. The van der Waals surface area contributed by atoms with Crippen LogP contribution in [0.1, 0.15) is 40.0 Å². The van der Waals surface area contributed by atoms with E-state index in [9.17, 15) is 0 Å². The molecule has 0 amide bonds. The lowest BCUT2D eigenvalue weighted by molar-refractivity contribution is 0.119. The van der Waals surface area contributed by atoms with Crippen LogP contribution in [0.2, 0.25) is 0 Å². The summed E-state index contributed by atoms with van der Waals surface area (Å²) in [6, 6.07) is 0.356. The van der Waals surface area contributed by atoms with E-state index in [4.69, 9.17) is 9.73 Å². The van der Waals surface area contributed by atoms with Crippen molar-refractivity contribution in [2.45, 2.75) is 57.7 Å². The highest BCUT2D eigenvalue weighted by Crippen LogP contribution is 2.26. The lowest BCUT2D eigenvalue weighted by atomic mass is 9.96. The van der Waals surface area contributed by atoms with Gasteiger partial charge in [0.1, 0.15) is 0 Å². The summed E-state index contributed by atoms with van der Waals surface area (Å²) in [7, 11) is 0.